The molecule has 20 heavy (non-hydrogen) atoms. The zero-order chi connectivity index (χ0) is 17.5. The molecule has 1 heterocycles. The summed E-state index contributed by atoms with van der Waals surface area (Å²) in [6.07, 6.45) is 5.16. The lowest BCUT2D eigenvalue weighted by atomic mass is 10.1. The van der Waals surface area contributed by atoms with Gasteiger partial charge in [0.15, 0.2) is 5.96 Å². The van der Waals surface area contributed by atoms with Gasteiger partial charge in [0.1, 0.15) is 6.54 Å². The second-order valence-corrected chi connectivity index (χ2v) is 5.06. The Morgan fingerprint density at radius 2 is 2.00 bits per heavy atom. The van der Waals surface area contributed by atoms with Gasteiger partial charge >= 0.3 is 5.97 Å². The minimum atomic E-state index is -2.68. The number of hydrogen-bond donors (Lipinski definition) is 1. The molecule has 1 amide bonds. The summed E-state index contributed by atoms with van der Waals surface area (Å²) in [6, 6.07) is 0. The first kappa shape index (κ1) is 12.2. The number of rotatable bonds is 0. The van der Waals surface area contributed by atoms with E-state index in [0.29, 0.717) is 11.3 Å². The van der Waals surface area contributed by atoms with Crippen LogP contribution in [0.1, 0.15) is 56.0 Å². The molecule has 0 spiro atoms. The standard InChI is InChI=1S/C14H25N3O3/c1-11-8-6-4-3-5-7-9-12(18)16-14(15)17(2)10-13(19)20-11/h11H,3-10H2,1-2H3,(H2,15,16,18)/i2D3. The molecule has 1 aliphatic heterocycles. The van der Waals surface area contributed by atoms with E-state index < -0.39 is 31.4 Å². The lowest BCUT2D eigenvalue weighted by molar-refractivity contribution is -0.148. The normalized spacial score (nSPS) is 27.2. The van der Waals surface area contributed by atoms with Gasteiger partial charge in [-0.15, -0.1) is 0 Å². The predicted octanol–water partition coefficient (Wildman–Crippen LogP) is 1.44. The zero-order valence-electron chi connectivity index (χ0n) is 14.9. The van der Waals surface area contributed by atoms with Gasteiger partial charge in [0, 0.05) is 17.5 Å². The maximum atomic E-state index is 11.9. The third-order valence-corrected chi connectivity index (χ3v) is 3.14. The monoisotopic (exact) mass is 286 g/mol. The highest BCUT2D eigenvalue weighted by Crippen LogP contribution is 2.11. The predicted molar refractivity (Wildman–Crippen MR) is 77.1 cm³/mol. The number of carbonyl (C=O) groups excluding carboxylic acids is 2. The Bertz CT molecular complexity index is 452. The second kappa shape index (κ2) is 8.55. The van der Waals surface area contributed by atoms with Crippen LogP contribution >= 0.6 is 0 Å². The smallest absolute Gasteiger partial charge is 0.325 e. The van der Waals surface area contributed by atoms with E-state index in [-0.39, 0.29) is 12.5 Å². The Morgan fingerprint density at radius 1 is 1.30 bits per heavy atom. The Labute approximate surface area is 124 Å². The molecule has 0 radical (unpaired) electrons. The van der Waals surface area contributed by atoms with Crippen molar-refractivity contribution in [1.29, 1.82) is 0 Å². The van der Waals surface area contributed by atoms with Crippen molar-refractivity contribution in [3.63, 3.8) is 0 Å². The number of esters is 1. The molecule has 0 saturated carbocycles. The van der Waals surface area contributed by atoms with Crippen LogP contribution in [0.2, 0.25) is 0 Å². The number of guanidine groups is 1. The average Bonchev–Trinajstić information content (AvgIpc) is 2.41. The van der Waals surface area contributed by atoms with Crippen LogP contribution in [0.3, 0.4) is 0 Å². The quantitative estimate of drug-likeness (QED) is 0.681. The number of amides is 1. The van der Waals surface area contributed by atoms with Crippen LogP contribution in [-0.4, -0.2) is 42.4 Å². The third-order valence-electron chi connectivity index (χ3n) is 3.14. The van der Waals surface area contributed by atoms with Crippen LogP contribution in [0.25, 0.3) is 0 Å². The third kappa shape index (κ3) is 6.54. The minimum Gasteiger partial charge on any atom is -0.461 e. The maximum Gasteiger partial charge on any atom is 0.325 e. The van der Waals surface area contributed by atoms with Crippen LogP contribution in [0.15, 0.2) is 4.99 Å². The molecular weight excluding hydrogens is 258 g/mol. The fourth-order valence-corrected chi connectivity index (χ4v) is 2.01. The first-order valence-corrected chi connectivity index (χ1v) is 7.04. The highest BCUT2D eigenvalue weighted by Gasteiger charge is 2.14. The van der Waals surface area contributed by atoms with Crippen LogP contribution in [0.5, 0.6) is 0 Å². The van der Waals surface area contributed by atoms with Crippen molar-refractivity contribution >= 4 is 17.8 Å². The van der Waals surface area contributed by atoms with Crippen molar-refractivity contribution in [3.05, 3.63) is 0 Å². The lowest BCUT2D eigenvalue weighted by Crippen LogP contribution is -2.39. The summed E-state index contributed by atoms with van der Waals surface area (Å²) in [5.74, 6) is -1.66. The largest absolute Gasteiger partial charge is 0.461 e. The molecule has 1 aliphatic rings. The number of likely N-dealkylation sites (N-methyl/N-ethyl adjacent to an activating group) is 1. The molecule has 2 N–H and O–H groups in total. The SMILES string of the molecule is [2H]C([2H])([2H])N1CC(=O)OC(C)CCCCCCCC(=O)N=C1N. The first-order valence-electron chi connectivity index (χ1n) is 8.54. The van der Waals surface area contributed by atoms with Gasteiger partial charge in [-0.05, 0) is 26.2 Å². The number of hydrogen-bond acceptors (Lipinski definition) is 5. The molecule has 6 heteroatoms. The lowest BCUT2D eigenvalue weighted by Gasteiger charge is -2.19. The van der Waals surface area contributed by atoms with E-state index in [1.54, 1.807) is 6.92 Å². The molecule has 1 unspecified atom stereocenters. The molecule has 0 aromatic rings. The molecule has 0 aromatic carbocycles. The number of ether oxygens (including phenoxy) is 1. The zero-order valence-corrected chi connectivity index (χ0v) is 11.9. The molecule has 0 bridgehead atoms. The van der Waals surface area contributed by atoms with Gasteiger partial charge in [-0.2, -0.15) is 4.99 Å². The molecule has 1 atom stereocenters. The van der Waals surface area contributed by atoms with Crippen LogP contribution in [-0.2, 0) is 14.3 Å². The molecule has 0 fully saturated rings. The maximum absolute atomic E-state index is 11.9. The summed E-state index contributed by atoms with van der Waals surface area (Å²) < 4.78 is 27.5. The topological polar surface area (TPSA) is 85.0 Å². The summed E-state index contributed by atoms with van der Waals surface area (Å²) >= 11 is 0. The Hall–Kier alpha value is -1.59. The van der Waals surface area contributed by atoms with Crippen molar-refractivity contribution in [2.24, 2.45) is 10.7 Å². The van der Waals surface area contributed by atoms with E-state index in [1.807, 2.05) is 0 Å². The molecule has 0 aliphatic carbocycles. The summed E-state index contributed by atoms with van der Waals surface area (Å²) in [6.45, 7) is -1.47. The van der Waals surface area contributed by atoms with Gasteiger partial charge in [-0.3, -0.25) is 9.59 Å². The minimum absolute atomic E-state index is 0.219. The van der Waals surface area contributed by atoms with Crippen molar-refractivity contribution in [2.75, 3.05) is 13.5 Å². The van der Waals surface area contributed by atoms with Gasteiger partial charge < -0.3 is 15.4 Å². The number of carbonyl (C=O) groups is 2. The molecule has 1 rings (SSSR count). The van der Waals surface area contributed by atoms with Crippen LogP contribution < -0.4 is 5.73 Å². The van der Waals surface area contributed by atoms with Gasteiger partial charge in [0.05, 0.1) is 6.10 Å². The van der Waals surface area contributed by atoms with E-state index >= 15 is 0 Å². The average molecular weight is 286 g/mol. The summed E-state index contributed by atoms with van der Waals surface area (Å²) in [7, 11) is 0. The summed E-state index contributed by atoms with van der Waals surface area (Å²) in [5.41, 5.74) is 5.62. The fourth-order valence-electron chi connectivity index (χ4n) is 2.01. The van der Waals surface area contributed by atoms with Gasteiger partial charge in [0.2, 0.25) is 5.91 Å². The first-order chi connectivity index (χ1) is 10.7. The van der Waals surface area contributed by atoms with E-state index in [1.165, 1.54) is 0 Å². The molecule has 0 aromatic heterocycles. The highest BCUT2D eigenvalue weighted by atomic mass is 16.5. The summed E-state index contributed by atoms with van der Waals surface area (Å²) in [4.78, 5) is 27.9. The highest BCUT2D eigenvalue weighted by molar-refractivity contribution is 5.93. The molecular formula is C14H25N3O3. The fraction of sp³-hybridized carbons (Fsp3) is 0.786. The van der Waals surface area contributed by atoms with E-state index in [2.05, 4.69) is 4.99 Å². The summed E-state index contributed by atoms with van der Waals surface area (Å²) in [5, 5.41) is 0. The van der Waals surface area contributed by atoms with Crippen LogP contribution in [0.4, 0.5) is 0 Å². The molecule has 0 saturated heterocycles. The van der Waals surface area contributed by atoms with E-state index in [4.69, 9.17) is 14.6 Å². The number of nitrogens with zero attached hydrogens (tertiary/aromatic N) is 2. The van der Waals surface area contributed by atoms with Crippen LogP contribution in [0, 0.1) is 0 Å². The van der Waals surface area contributed by atoms with Gasteiger partial charge in [0.25, 0.3) is 0 Å². The number of nitrogens with two attached hydrogens (primary N) is 1. The van der Waals surface area contributed by atoms with Crippen molar-refractivity contribution < 1.29 is 18.4 Å². The second-order valence-electron chi connectivity index (χ2n) is 5.06. The molecule has 6 nitrogen and oxygen atoms in total. The Kier molecular flexibility index (Phi) is 5.21. The Balaban J connectivity index is 2.90. The number of aliphatic imine (C=N–C) groups is 1. The van der Waals surface area contributed by atoms with Crippen molar-refractivity contribution in [1.82, 2.24) is 4.90 Å². The molecule has 114 valence electrons. The van der Waals surface area contributed by atoms with Gasteiger partial charge in [-0.1, -0.05) is 19.3 Å². The number of cyclic esters (lactones) is 1. The van der Waals surface area contributed by atoms with Gasteiger partial charge in [-0.25, -0.2) is 0 Å². The van der Waals surface area contributed by atoms with E-state index in [0.717, 1.165) is 32.1 Å². The van der Waals surface area contributed by atoms with E-state index in [9.17, 15) is 9.59 Å². The van der Waals surface area contributed by atoms with Crippen molar-refractivity contribution in [2.45, 2.75) is 58.0 Å². The van der Waals surface area contributed by atoms with Crippen molar-refractivity contribution in [3.8, 4) is 0 Å². The Morgan fingerprint density at radius 3 is 2.75 bits per heavy atom.